The summed E-state index contributed by atoms with van der Waals surface area (Å²) in [4.78, 5) is 20.9. The molecule has 0 amide bonds. The molecule has 0 aliphatic heterocycles. The summed E-state index contributed by atoms with van der Waals surface area (Å²) in [6, 6.07) is 21.1. The van der Waals surface area contributed by atoms with E-state index < -0.39 is 0 Å². The van der Waals surface area contributed by atoms with Crippen LogP contribution in [0, 0.1) is 5.82 Å². The summed E-state index contributed by atoms with van der Waals surface area (Å²) < 4.78 is 13.3. The Kier molecular flexibility index (Phi) is 5.75. The molecule has 3 aromatic carbocycles. The zero-order valence-corrected chi connectivity index (χ0v) is 16.0. The van der Waals surface area contributed by atoms with Crippen molar-refractivity contribution in [2.45, 2.75) is 0 Å². The lowest BCUT2D eigenvalue weighted by atomic mass is 10.1. The maximum Gasteiger partial charge on any atom is 0.181 e. The fourth-order valence-corrected chi connectivity index (χ4v) is 2.99. The molecule has 0 aliphatic carbocycles. The van der Waals surface area contributed by atoms with Crippen LogP contribution >= 0.6 is 0 Å². The molecule has 4 aromatic rings. The van der Waals surface area contributed by atoms with E-state index in [0.717, 1.165) is 22.6 Å². The number of rotatable bonds is 7. The van der Waals surface area contributed by atoms with Crippen molar-refractivity contribution >= 4 is 22.8 Å². The van der Waals surface area contributed by atoms with Crippen LogP contribution in [0.3, 0.4) is 0 Å². The number of halogens is 1. The lowest BCUT2D eigenvalue weighted by Gasteiger charge is -2.10. The van der Waals surface area contributed by atoms with Crippen molar-refractivity contribution in [2.24, 2.45) is 0 Å². The van der Waals surface area contributed by atoms with Crippen molar-refractivity contribution in [3.8, 4) is 11.3 Å². The molecule has 30 heavy (non-hydrogen) atoms. The molecule has 2 N–H and O–H groups in total. The topological polar surface area (TPSA) is 66.9 Å². The molecule has 1 heterocycles. The summed E-state index contributed by atoms with van der Waals surface area (Å²) >= 11 is 0. The highest BCUT2D eigenvalue weighted by atomic mass is 19.1. The van der Waals surface area contributed by atoms with Gasteiger partial charge in [-0.15, -0.1) is 0 Å². The fraction of sp³-hybridized carbons (Fsp3) is 0.0417. The minimum atomic E-state index is -0.344. The molecule has 0 unspecified atom stereocenters. The number of hydrogen-bond donors (Lipinski definition) is 2. The number of anilines is 3. The van der Waals surface area contributed by atoms with Crippen LogP contribution in [0.4, 0.5) is 21.5 Å². The van der Waals surface area contributed by atoms with Gasteiger partial charge in [-0.1, -0.05) is 30.3 Å². The second kappa shape index (κ2) is 8.96. The van der Waals surface area contributed by atoms with Gasteiger partial charge < -0.3 is 10.6 Å². The first-order chi connectivity index (χ1) is 14.7. The third kappa shape index (κ3) is 4.86. The van der Waals surface area contributed by atoms with Gasteiger partial charge in [-0.2, -0.15) is 0 Å². The van der Waals surface area contributed by atoms with E-state index in [-0.39, 0.29) is 18.1 Å². The van der Waals surface area contributed by atoms with E-state index in [1.807, 2.05) is 36.4 Å². The van der Waals surface area contributed by atoms with Crippen LogP contribution < -0.4 is 10.6 Å². The fourth-order valence-electron chi connectivity index (χ4n) is 2.99. The van der Waals surface area contributed by atoms with Crippen molar-refractivity contribution in [2.75, 3.05) is 17.2 Å². The molecule has 148 valence electrons. The maximum absolute atomic E-state index is 13.3. The molecule has 1 aromatic heterocycles. The molecular weight excluding hydrogens is 379 g/mol. The number of ketones is 1. The Balaban J connectivity index is 1.41. The molecule has 0 bridgehead atoms. The molecule has 0 saturated carbocycles. The van der Waals surface area contributed by atoms with Gasteiger partial charge in [-0.3, -0.25) is 14.8 Å². The molecule has 4 rings (SSSR count). The second-order valence-electron chi connectivity index (χ2n) is 6.66. The van der Waals surface area contributed by atoms with Gasteiger partial charge in [0.25, 0.3) is 0 Å². The molecule has 0 saturated heterocycles. The van der Waals surface area contributed by atoms with Gasteiger partial charge in [0, 0.05) is 40.6 Å². The second-order valence-corrected chi connectivity index (χ2v) is 6.66. The smallest absolute Gasteiger partial charge is 0.181 e. The van der Waals surface area contributed by atoms with Crippen LogP contribution in [-0.2, 0) is 0 Å². The molecular formula is C24H19FN4O. The normalized spacial score (nSPS) is 10.4. The first kappa shape index (κ1) is 19.3. The largest absolute Gasteiger partial charge is 0.377 e. The first-order valence-corrected chi connectivity index (χ1v) is 9.43. The number of benzene rings is 3. The standard InChI is InChI=1S/C24H19FN4O/c25-19-4-2-5-21(14-19)28-16-24(30)18-3-1-6-22(13-18)29-20-9-7-17(8-10-20)23-15-26-11-12-27-23/h1-15,28-29H,16H2. The Morgan fingerprint density at radius 2 is 1.67 bits per heavy atom. The number of nitrogens with zero attached hydrogens (tertiary/aromatic N) is 2. The summed E-state index contributed by atoms with van der Waals surface area (Å²) in [6.45, 7) is 0.0831. The molecule has 0 fully saturated rings. The summed E-state index contributed by atoms with van der Waals surface area (Å²) in [5, 5.41) is 6.25. The third-order valence-corrected chi connectivity index (χ3v) is 4.49. The van der Waals surface area contributed by atoms with E-state index in [1.165, 1.54) is 12.1 Å². The SMILES string of the molecule is O=C(CNc1cccc(F)c1)c1cccc(Nc2ccc(-c3cnccn3)cc2)c1. The first-order valence-electron chi connectivity index (χ1n) is 9.43. The van der Waals surface area contributed by atoms with Crippen molar-refractivity contribution in [1.29, 1.82) is 0 Å². The zero-order valence-electron chi connectivity index (χ0n) is 16.0. The monoisotopic (exact) mass is 398 g/mol. The number of Topliss-reactive ketones (excluding diaryl/α,β-unsaturated/α-hetero) is 1. The number of carbonyl (C=O) groups is 1. The van der Waals surface area contributed by atoms with Crippen LogP contribution in [0.25, 0.3) is 11.3 Å². The van der Waals surface area contributed by atoms with Gasteiger partial charge in [-0.05, 0) is 42.5 Å². The van der Waals surface area contributed by atoms with E-state index >= 15 is 0 Å². The van der Waals surface area contributed by atoms with Crippen molar-refractivity contribution in [3.63, 3.8) is 0 Å². The third-order valence-electron chi connectivity index (χ3n) is 4.49. The van der Waals surface area contributed by atoms with E-state index in [1.54, 1.807) is 42.9 Å². The summed E-state index contributed by atoms with van der Waals surface area (Å²) in [7, 11) is 0. The molecule has 0 atom stereocenters. The molecule has 0 aliphatic rings. The predicted octanol–water partition coefficient (Wildman–Crippen LogP) is 5.32. The summed E-state index contributed by atoms with van der Waals surface area (Å²) in [6.07, 6.45) is 5.02. The van der Waals surface area contributed by atoms with E-state index in [2.05, 4.69) is 20.6 Å². The van der Waals surface area contributed by atoms with Gasteiger partial charge in [0.15, 0.2) is 5.78 Å². The highest BCUT2D eigenvalue weighted by Crippen LogP contribution is 2.22. The van der Waals surface area contributed by atoms with Gasteiger partial charge >= 0.3 is 0 Å². The van der Waals surface area contributed by atoms with Crippen LogP contribution in [0.15, 0.2) is 91.4 Å². The number of carbonyl (C=O) groups excluding carboxylic acids is 1. The van der Waals surface area contributed by atoms with Crippen molar-refractivity contribution in [1.82, 2.24) is 9.97 Å². The van der Waals surface area contributed by atoms with Crippen LogP contribution in [0.1, 0.15) is 10.4 Å². The number of aromatic nitrogens is 2. The molecule has 0 radical (unpaired) electrons. The Hall–Kier alpha value is -4.06. The molecule has 5 nitrogen and oxygen atoms in total. The lowest BCUT2D eigenvalue weighted by Crippen LogP contribution is -2.14. The highest BCUT2D eigenvalue weighted by molar-refractivity contribution is 5.99. The number of hydrogen-bond acceptors (Lipinski definition) is 5. The zero-order chi connectivity index (χ0) is 20.8. The Morgan fingerprint density at radius 3 is 2.43 bits per heavy atom. The highest BCUT2D eigenvalue weighted by Gasteiger charge is 2.07. The molecule has 6 heteroatoms. The average Bonchev–Trinajstić information content (AvgIpc) is 2.79. The maximum atomic E-state index is 13.3. The van der Waals surface area contributed by atoms with Crippen LogP contribution in [0.2, 0.25) is 0 Å². The quantitative estimate of drug-likeness (QED) is 0.412. The van der Waals surface area contributed by atoms with Crippen molar-refractivity contribution in [3.05, 3.63) is 103 Å². The van der Waals surface area contributed by atoms with E-state index in [4.69, 9.17) is 0 Å². The van der Waals surface area contributed by atoms with Gasteiger partial charge in [0.2, 0.25) is 0 Å². The van der Waals surface area contributed by atoms with Crippen LogP contribution in [-0.4, -0.2) is 22.3 Å². The predicted molar refractivity (Wildman–Crippen MR) is 116 cm³/mol. The molecule has 0 spiro atoms. The van der Waals surface area contributed by atoms with Gasteiger partial charge in [0.05, 0.1) is 18.4 Å². The lowest BCUT2D eigenvalue weighted by molar-refractivity contribution is 0.101. The minimum Gasteiger partial charge on any atom is -0.377 e. The summed E-state index contributed by atoms with van der Waals surface area (Å²) in [5.74, 6) is -0.426. The van der Waals surface area contributed by atoms with Crippen LogP contribution in [0.5, 0.6) is 0 Å². The van der Waals surface area contributed by atoms with Crippen molar-refractivity contribution < 1.29 is 9.18 Å². The number of nitrogens with one attached hydrogen (secondary N) is 2. The summed E-state index contributed by atoms with van der Waals surface area (Å²) in [5.41, 5.74) is 4.62. The van der Waals surface area contributed by atoms with E-state index in [0.29, 0.717) is 11.3 Å². The average molecular weight is 398 g/mol. The Morgan fingerprint density at radius 1 is 0.867 bits per heavy atom. The Labute approximate surface area is 173 Å². The Bertz CT molecular complexity index is 1150. The van der Waals surface area contributed by atoms with Gasteiger partial charge in [0.1, 0.15) is 5.82 Å². The van der Waals surface area contributed by atoms with Gasteiger partial charge in [-0.25, -0.2) is 4.39 Å². The van der Waals surface area contributed by atoms with E-state index in [9.17, 15) is 9.18 Å². The minimum absolute atomic E-state index is 0.0825.